The van der Waals surface area contributed by atoms with Gasteiger partial charge in [-0.05, 0) is 44.0 Å². The van der Waals surface area contributed by atoms with Crippen LogP contribution in [0.2, 0.25) is 0 Å². The number of carbonyl (C=O) groups is 1. The number of nitrogens with zero attached hydrogens (tertiary/aromatic N) is 5. The monoisotopic (exact) mass is 435 g/mol. The number of urea groups is 1. The van der Waals surface area contributed by atoms with Gasteiger partial charge in [0.1, 0.15) is 24.0 Å². The zero-order valence-electron chi connectivity index (χ0n) is 18.1. The van der Waals surface area contributed by atoms with Gasteiger partial charge in [-0.25, -0.2) is 14.2 Å². The summed E-state index contributed by atoms with van der Waals surface area (Å²) in [5.41, 5.74) is 1.25. The van der Waals surface area contributed by atoms with Gasteiger partial charge < -0.3 is 14.5 Å². The van der Waals surface area contributed by atoms with E-state index in [1.54, 1.807) is 23.2 Å². The van der Waals surface area contributed by atoms with Crippen molar-refractivity contribution in [2.45, 2.75) is 32.2 Å². The summed E-state index contributed by atoms with van der Waals surface area (Å²) in [6, 6.07) is 9.86. The third-order valence-electron chi connectivity index (χ3n) is 6.74. The van der Waals surface area contributed by atoms with Crippen molar-refractivity contribution >= 4 is 17.5 Å². The number of likely N-dealkylation sites (tertiary alicyclic amines) is 1. The van der Waals surface area contributed by atoms with E-state index in [4.69, 9.17) is 10.00 Å². The minimum atomic E-state index is -0.372. The lowest BCUT2D eigenvalue weighted by Gasteiger charge is -2.52. The molecule has 1 atom stereocenters. The number of fused-ring (bicyclic) bond motifs is 1. The van der Waals surface area contributed by atoms with Crippen LogP contribution in [0, 0.1) is 22.6 Å². The third kappa shape index (κ3) is 3.62. The largest absolute Gasteiger partial charge is 0.489 e. The second-order valence-corrected chi connectivity index (χ2v) is 9.17. The van der Waals surface area contributed by atoms with Crippen molar-refractivity contribution < 1.29 is 13.9 Å². The number of rotatable bonds is 1. The molecule has 2 saturated heterocycles. The highest BCUT2D eigenvalue weighted by atomic mass is 19.1. The normalized spacial score (nSPS) is 21.8. The molecular formula is C24H26FN5O2. The Labute approximate surface area is 187 Å². The van der Waals surface area contributed by atoms with Crippen LogP contribution in [-0.2, 0) is 0 Å². The predicted octanol–water partition coefficient (Wildman–Crippen LogP) is 3.79. The summed E-state index contributed by atoms with van der Waals surface area (Å²) in [7, 11) is 0. The molecule has 8 heteroatoms. The molecule has 0 radical (unpaired) electrons. The molecule has 1 unspecified atom stereocenters. The van der Waals surface area contributed by atoms with Gasteiger partial charge in [0.2, 0.25) is 0 Å². The number of nitriles is 1. The topological polar surface area (TPSA) is 72.7 Å². The van der Waals surface area contributed by atoms with Crippen LogP contribution in [0.4, 0.5) is 20.7 Å². The fourth-order valence-electron chi connectivity index (χ4n) is 5.14. The van der Waals surface area contributed by atoms with Crippen molar-refractivity contribution in [3.05, 3.63) is 47.9 Å². The SMILES string of the molecule is CC1COc2cc(F)ccc2N1C(=O)N1CCCCC2(C1)CN(c1cc(C#N)ccn1)C2. The molecule has 0 bridgehead atoms. The van der Waals surface area contributed by atoms with E-state index in [1.165, 1.54) is 12.1 Å². The first-order chi connectivity index (χ1) is 15.5. The Morgan fingerprint density at radius 2 is 2.09 bits per heavy atom. The van der Waals surface area contributed by atoms with Crippen LogP contribution >= 0.6 is 0 Å². The zero-order valence-corrected chi connectivity index (χ0v) is 18.1. The molecule has 0 saturated carbocycles. The number of pyridine rings is 1. The summed E-state index contributed by atoms with van der Waals surface area (Å²) in [5.74, 6) is 0.858. The van der Waals surface area contributed by atoms with Gasteiger partial charge >= 0.3 is 6.03 Å². The molecule has 2 amide bonds. The van der Waals surface area contributed by atoms with Crippen LogP contribution in [0.15, 0.2) is 36.5 Å². The predicted molar refractivity (Wildman–Crippen MR) is 118 cm³/mol. The van der Waals surface area contributed by atoms with Gasteiger partial charge in [0.15, 0.2) is 0 Å². The lowest BCUT2D eigenvalue weighted by atomic mass is 9.76. The molecule has 7 nitrogen and oxygen atoms in total. The Balaban J connectivity index is 1.34. The summed E-state index contributed by atoms with van der Waals surface area (Å²) >= 11 is 0. The van der Waals surface area contributed by atoms with Gasteiger partial charge in [-0.3, -0.25) is 4.90 Å². The Morgan fingerprint density at radius 3 is 2.91 bits per heavy atom. The van der Waals surface area contributed by atoms with Crippen molar-refractivity contribution in [1.29, 1.82) is 5.26 Å². The van der Waals surface area contributed by atoms with Crippen LogP contribution in [0.1, 0.15) is 31.7 Å². The lowest BCUT2D eigenvalue weighted by Crippen LogP contribution is -2.62. The number of halogens is 1. The van der Waals surface area contributed by atoms with Gasteiger partial charge in [0.05, 0.1) is 23.4 Å². The fourth-order valence-corrected chi connectivity index (χ4v) is 5.14. The van der Waals surface area contributed by atoms with E-state index in [-0.39, 0.29) is 23.3 Å². The number of hydrogen-bond acceptors (Lipinski definition) is 5. The number of carbonyl (C=O) groups excluding carboxylic acids is 1. The van der Waals surface area contributed by atoms with Gasteiger partial charge in [0, 0.05) is 43.9 Å². The first-order valence-corrected chi connectivity index (χ1v) is 11.1. The second-order valence-electron chi connectivity index (χ2n) is 9.17. The summed E-state index contributed by atoms with van der Waals surface area (Å²) in [6.45, 7) is 5.33. The quantitative estimate of drug-likeness (QED) is 0.682. The summed E-state index contributed by atoms with van der Waals surface area (Å²) < 4.78 is 19.4. The summed E-state index contributed by atoms with van der Waals surface area (Å²) in [5, 5.41) is 9.17. The van der Waals surface area contributed by atoms with Crippen molar-refractivity contribution in [3.63, 3.8) is 0 Å². The maximum absolute atomic E-state index is 13.7. The van der Waals surface area contributed by atoms with Crippen LogP contribution < -0.4 is 14.5 Å². The average Bonchev–Trinajstić information content (AvgIpc) is 3.01. The first-order valence-electron chi connectivity index (χ1n) is 11.1. The van der Waals surface area contributed by atoms with Crippen LogP contribution in [0.5, 0.6) is 5.75 Å². The number of aromatic nitrogens is 1. The average molecular weight is 436 g/mol. The van der Waals surface area contributed by atoms with E-state index >= 15 is 0 Å². The van der Waals surface area contributed by atoms with Crippen LogP contribution in [0.25, 0.3) is 0 Å². The molecule has 32 heavy (non-hydrogen) atoms. The van der Waals surface area contributed by atoms with Crippen molar-refractivity contribution in [2.75, 3.05) is 42.6 Å². The number of amides is 2. The Hall–Kier alpha value is -3.34. The smallest absolute Gasteiger partial charge is 0.324 e. The maximum atomic E-state index is 13.7. The molecule has 3 aliphatic heterocycles. The summed E-state index contributed by atoms with van der Waals surface area (Å²) in [6.07, 6.45) is 4.77. The Bertz CT molecular complexity index is 1080. The first kappa shape index (κ1) is 20.6. The number of ether oxygens (including phenoxy) is 1. The molecule has 0 aliphatic carbocycles. The minimum Gasteiger partial charge on any atom is -0.489 e. The molecule has 2 aromatic rings. The maximum Gasteiger partial charge on any atom is 0.324 e. The molecule has 166 valence electrons. The van der Waals surface area contributed by atoms with E-state index in [0.29, 0.717) is 36.7 Å². The molecule has 5 rings (SSSR count). The van der Waals surface area contributed by atoms with Gasteiger partial charge in [-0.15, -0.1) is 0 Å². The number of benzene rings is 1. The van der Waals surface area contributed by atoms with Crippen molar-refractivity contribution in [1.82, 2.24) is 9.88 Å². The molecule has 3 aliphatic rings. The van der Waals surface area contributed by atoms with Crippen LogP contribution in [0.3, 0.4) is 0 Å². The highest BCUT2D eigenvalue weighted by Gasteiger charge is 2.47. The zero-order chi connectivity index (χ0) is 22.3. The highest BCUT2D eigenvalue weighted by molar-refractivity contribution is 5.94. The van der Waals surface area contributed by atoms with Gasteiger partial charge in [-0.1, -0.05) is 6.42 Å². The second kappa shape index (κ2) is 7.97. The number of hydrogen-bond donors (Lipinski definition) is 0. The van der Waals surface area contributed by atoms with E-state index < -0.39 is 0 Å². The molecule has 0 N–H and O–H groups in total. The molecular weight excluding hydrogens is 409 g/mol. The third-order valence-corrected chi connectivity index (χ3v) is 6.74. The van der Waals surface area contributed by atoms with E-state index in [1.807, 2.05) is 17.9 Å². The standard InChI is InChI=1S/C24H26FN5O2/c1-17-13-32-21-11-19(25)4-5-20(21)30(17)23(31)28-9-3-2-7-24(14-28)15-29(16-24)22-10-18(12-26)6-8-27-22/h4-6,8,10-11,17H,2-3,7,9,13-16H2,1H3. The van der Waals surface area contributed by atoms with E-state index in [9.17, 15) is 9.18 Å². The van der Waals surface area contributed by atoms with Crippen LogP contribution in [-0.4, -0.2) is 54.7 Å². The molecule has 4 heterocycles. The van der Waals surface area contributed by atoms with Crippen molar-refractivity contribution in [2.24, 2.45) is 5.41 Å². The Kier molecular flexibility index (Phi) is 5.12. The Morgan fingerprint density at radius 1 is 1.25 bits per heavy atom. The summed E-state index contributed by atoms with van der Waals surface area (Å²) in [4.78, 5) is 24.0. The fraction of sp³-hybridized carbons (Fsp3) is 0.458. The molecule has 1 aromatic heterocycles. The van der Waals surface area contributed by atoms with Crippen molar-refractivity contribution in [3.8, 4) is 11.8 Å². The lowest BCUT2D eigenvalue weighted by molar-refractivity contribution is 0.132. The van der Waals surface area contributed by atoms with E-state index in [2.05, 4.69) is 16.0 Å². The minimum absolute atomic E-state index is 0.0254. The molecule has 1 aromatic carbocycles. The van der Waals surface area contributed by atoms with Gasteiger partial charge in [-0.2, -0.15) is 5.26 Å². The number of anilines is 2. The molecule has 1 spiro atoms. The van der Waals surface area contributed by atoms with Gasteiger partial charge in [0.25, 0.3) is 0 Å². The molecule has 2 fully saturated rings. The van der Waals surface area contributed by atoms with E-state index in [0.717, 1.165) is 38.2 Å². The highest BCUT2D eigenvalue weighted by Crippen LogP contribution is 2.42.